The molecule has 0 spiro atoms. The number of sulfonamides is 1. The van der Waals surface area contributed by atoms with Gasteiger partial charge in [0.05, 0.1) is 17.1 Å². The van der Waals surface area contributed by atoms with Crippen molar-refractivity contribution in [1.82, 2.24) is 9.21 Å². The van der Waals surface area contributed by atoms with E-state index >= 15 is 0 Å². The van der Waals surface area contributed by atoms with E-state index in [0.29, 0.717) is 43.9 Å². The summed E-state index contributed by atoms with van der Waals surface area (Å²) in [6.07, 6.45) is -5.12. The molecule has 3 aromatic carbocycles. The van der Waals surface area contributed by atoms with Crippen molar-refractivity contribution in [3.63, 3.8) is 0 Å². The fraction of sp³-hybridized carbons (Fsp3) is 0.321. The van der Waals surface area contributed by atoms with Crippen LogP contribution in [0.4, 0.5) is 13.2 Å². The van der Waals surface area contributed by atoms with Crippen molar-refractivity contribution in [2.75, 3.05) is 39.3 Å². The maximum atomic E-state index is 13.3. The molecule has 1 atom stereocenters. The molecule has 1 fully saturated rings. The molecule has 0 aliphatic carbocycles. The predicted molar refractivity (Wildman–Crippen MR) is 137 cm³/mol. The van der Waals surface area contributed by atoms with Crippen LogP contribution < -0.4 is 0 Å². The number of benzene rings is 3. The minimum absolute atomic E-state index is 0.132. The summed E-state index contributed by atoms with van der Waals surface area (Å²) in [6.45, 7) is 3.77. The van der Waals surface area contributed by atoms with Crippen molar-refractivity contribution < 1.29 is 31.1 Å². The topological polar surface area (TPSA) is 66.9 Å². The third kappa shape index (κ3) is 6.68. The molecule has 4 rings (SSSR count). The molecular formula is C28H29F3N2O4S. The number of alkyl halides is 3. The van der Waals surface area contributed by atoms with Crippen LogP contribution in [0.2, 0.25) is 0 Å². The Hall–Kier alpha value is -3.05. The monoisotopic (exact) mass is 546 g/mol. The Bertz CT molecular complexity index is 1340. The van der Waals surface area contributed by atoms with Gasteiger partial charge in [-0.05, 0) is 42.3 Å². The van der Waals surface area contributed by atoms with E-state index in [1.807, 2.05) is 30.3 Å². The number of carbonyl (C=O) groups is 1. The highest BCUT2D eigenvalue weighted by Crippen LogP contribution is 2.33. The van der Waals surface area contributed by atoms with Gasteiger partial charge in [0.25, 0.3) is 0 Å². The van der Waals surface area contributed by atoms with Gasteiger partial charge in [0, 0.05) is 38.3 Å². The minimum Gasteiger partial charge on any atom is -0.367 e. The molecule has 1 aliphatic heterocycles. The molecule has 1 unspecified atom stereocenters. The smallest absolute Gasteiger partial charge is 0.367 e. The molecule has 1 heterocycles. The van der Waals surface area contributed by atoms with Gasteiger partial charge in [-0.15, -0.1) is 0 Å². The zero-order valence-electron chi connectivity index (χ0n) is 20.9. The Labute approximate surface area is 220 Å². The van der Waals surface area contributed by atoms with Crippen molar-refractivity contribution in [3.05, 3.63) is 101 Å². The molecular weight excluding hydrogens is 517 g/mol. The van der Waals surface area contributed by atoms with Gasteiger partial charge in [0.15, 0.2) is 5.78 Å². The molecule has 6 nitrogen and oxygen atoms in total. The molecule has 10 heteroatoms. The zero-order chi connectivity index (χ0) is 27.3. The van der Waals surface area contributed by atoms with Gasteiger partial charge in [-0.2, -0.15) is 17.5 Å². The number of nitrogens with zero attached hydrogens (tertiary/aromatic N) is 2. The lowest BCUT2D eigenvalue weighted by atomic mass is 9.99. The number of hydrogen-bond acceptors (Lipinski definition) is 5. The number of ketones is 1. The third-order valence-corrected chi connectivity index (χ3v) is 8.45. The molecule has 1 saturated heterocycles. The Morgan fingerprint density at radius 2 is 1.53 bits per heavy atom. The van der Waals surface area contributed by atoms with Gasteiger partial charge >= 0.3 is 6.18 Å². The maximum absolute atomic E-state index is 13.3. The second kappa shape index (κ2) is 11.8. The van der Waals surface area contributed by atoms with Crippen LogP contribution in [-0.2, 0) is 20.9 Å². The first-order valence-electron chi connectivity index (χ1n) is 12.2. The van der Waals surface area contributed by atoms with Crippen molar-refractivity contribution in [2.45, 2.75) is 24.1 Å². The van der Waals surface area contributed by atoms with Crippen LogP contribution >= 0.6 is 0 Å². The number of ether oxygens (including phenoxy) is 1. The standard InChI is InChI=1S/C28H29F3N2O4S/c1-21(34)22-10-12-26(13-11-22)38(35,36)33-16-14-32(15-17-33)18-19-37-27(23-6-3-2-4-7-23)24-8-5-9-25(20-24)28(29,30)31/h2-13,20,27H,14-19H2,1H3. The van der Waals surface area contributed by atoms with Crippen LogP contribution in [-0.4, -0.2) is 62.7 Å². The van der Waals surface area contributed by atoms with Crippen LogP contribution in [0.25, 0.3) is 0 Å². The van der Waals surface area contributed by atoms with E-state index in [-0.39, 0.29) is 17.3 Å². The van der Waals surface area contributed by atoms with Crippen molar-refractivity contribution in [2.24, 2.45) is 0 Å². The second-order valence-corrected chi connectivity index (χ2v) is 11.0. The lowest BCUT2D eigenvalue weighted by Gasteiger charge is -2.34. The molecule has 202 valence electrons. The largest absolute Gasteiger partial charge is 0.416 e. The molecule has 0 saturated carbocycles. The van der Waals surface area contributed by atoms with Crippen molar-refractivity contribution >= 4 is 15.8 Å². The Kier molecular flexibility index (Phi) is 8.67. The minimum atomic E-state index is -4.45. The van der Waals surface area contributed by atoms with E-state index in [1.54, 1.807) is 6.07 Å². The first kappa shape index (κ1) is 28.0. The first-order chi connectivity index (χ1) is 18.1. The van der Waals surface area contributed by atoms with Crippen LogP contribution in [0.3, 0.4) is 0 Å². The van der Waals surface area contributed by atoms with E-state index in [1.165, 1.54) is 41.6 Å². The predicted octanol–water partition coefficient (Wildman–Crippen LogP) is 5.02. The summed E-state index contributed by atoms with van der Waals surface area (Å²) in [6, 6.07) is 20.2. The van der Waals surface area contributed by atoms with E-state index < -0.39 is 27.9 Å². The number of hydrogen-bond donors (Lipinski definition) is 0. The van der Waals surface area contributed by atoms with E-state index in [2.05, 4.69) is 4.90 Å². The van der Waals surface area contributed by atoms with Gasteiger partial charge < -0.3 is 4.74 Å². The lowest BCUT2D eigenvalue weighted by Crippen LogP contribution is -2.49. The van der Waals surface area contributed by atoms with Crippen LogP contribution in [0.1, 0.15) is 40.1 Å². The van der Waals surface area contributed by atoms with Gasteiger partial charge in [-0.1, -0.05) is 54.6 Å². The summed E-state index contributed by atoms with van der Waals surface area (Å²) in [5.41, 5.74) is 0.886. The van der Waals surface area contributed by atoms with Crippen molar-refractivity contribution in [3.8, 4) is 0 Å². The SMILES string of the molecule is CC(=O)c1ccc(S(=O)(=O)N2CCN(CCOC(c3ccccc3)c3cccc(C(F)(F)F)c3)CC2)cc1. The number of rotatable bonds is 9. The average molecular weight is 547 g/mol. The van der Waals surface area contributed by atoms with Gasteiger partial charge in [0.2, 0.25) is 10.0 Å². The third-order valence-electron chi connectivity index (χ3n) is 6.54. The number of carbonyl (C=O) groups excluding carboxylic acids is 1. The van der Waals surface area contributed by atoms with Crippen LogP contribution in [0.5, 0.6) is 0 Å². The second-order valence-electron chi connectivity index (χ2n) is 9.11. The highest BCUT2D eigenvalue weighted by Gasteiger charge is 2.32. The zero-order valence-corrected chi connectivity index (χ0v) is 21.7. The molecule has 0 aromatic heterocycles. The lowest BCUT2D eigenvalue weighted by molar-refractivity contribution is -0.137. The fourth-order valence-electron chi connectivity index (χ4n) is 4.39. The Morgan fingerprint density at radius 1 is 0.895 bits per heavy atom. The number of halogens is 3. The summed E-state index contributed by atoms with van der Waals surface area (Å²) in [5, 5.41) is 0. The van der Waals surface area contributed by atoms with E-state index in [0.717, 1.165) is 17.7 Å². The highest BCUT2D eigenvalue weighted by molar-refractivity contribution is 7.89. The van der Waals surface area contributed by atoms with E-state index in [4.69, 9.17) is 4.74 Å². The summed E-state index contributed by atoms with van der Waals surface area (Å²) in [7, 11) is -3.68. The quantitative estimate of drug-likeness (QED) is 0.353. The molecule has 1 aliphatic rings. The molecule has 3 aromatic rings. The highest BCUT2D eigenvalue weighted by atomic mass is 32.2. The molecule has 38 heavy (non-hydrogen) atoms. The van der Waals surface area contributed by atoms with Crippen molar-refractivity contribution in [1.29, 1.82) is 0 Å². The molecule has 0 amide bonds. The Morgan fingerprint density at radius 3 is 2.13 bits per heavy atom. The average Bonchev–Trinajstić information content (AvgIpc) is 2.91. The molecule has 0 bridgehead atoms. The molecule has 0 radical (unpaired) electrons. The Balaban J connectivity index is 1.37. The number of Topliss-reactive ketones (excluding diaryl/α,β-unsaturated/α-hetero) is 1. The van der Waals surface area contributed by atoms with Crippen LogP contribution in [0, 0.1) is 0 Å². The number of piperazine rings is 1. The summed E-state index contributed by atoms with van der Waals surface area (Å²) in [5.74, 6) is -0.132. The molecule has 0 N–H and O–H groups in total. The van der Waals surface area contributed by atoms with E-state index in [9.17, 15) is 26.4 Å². The summed E-state index contributed by atoms with van der Waals surface area (Å²) >= 11 is 0. The fourth-order valence-corrected chi connectivity index (χ4v) is 5.82. The first-order valence-corrected chi connectivity index (χ1v) is 13.7. The van der Waals surface area contributed by atoms with Gasteiger partial charge in [-0.25, -0.2) is 8.42 Å². The van der Waals surface area contributed by atoms with Gasteiger partial charge in [-0.3, -0.25) is 9.69 Å². The summed E-state index contributed by atoms with van der Waals surface area (Å²) < 4.78 is 73.4. The maximum Gasteiger partial charge on any atom is 0.416 e. The van der Waals surface area contributed by atoms with Gasteiger partial charge in [0.1, 0.15) is 6.10 Å². The van der Waals surface area contributed by atoms with Crippen LogP contribution in [0.15, 0.2) is 83.8 Å². The normalized spacial score (nSPS) is 16.3. The summed E-state index contributed by atoms with van der Waals surface area (Å²) in [4.78, 5) is 13.7.